The number of likely N-dealkylation sites (tertiary alicyclic amines) is 1. The molecule has 0 spiro atoms. The van der Waals surface area contributed by atoms with Crippen LogP contribution in [0.4, 0.5) is 0 Å². The van der Waals surface area contributed by atoms with Gasteiger partial charge in [-0.2, -0.15) is 5.10 Å². The minimum Gasteiger partial charge on any atom is -0.481 e. The lowest BCUT2D eigenvalue weighted by Gasteiger charge is -2.31. The zero-order chi connectivity index (χ0) is 22.7. The summed E-state index contributed by atoms with van der Waals surface area (Å²) in [6.07, 6.45) is 2.65. The van der Waals surface area contributed by atoms with Gasteiger partial charge in [-0.15, -0.1) is 0 Å². The zero-order valence-electron chi connectivity index (χ0n) is 18.0. The summed E-state index contributed by atoms with van der Waals surface area (Å²) in [4.78, 5) is 31.2. The Balaban J connectivity index is 1.32. The van der Waals surface area contributed by atoms with E-state index in [9.17, 15) is 9.59 Å². The van der Waals surface area contributed by atoms with Gasteiger partial charge in [0, 0.05) is 30.6 Å². The lowest BCUT2D eigenvalue weighted by Crippen LogP contribution is -2.47. The predicted octanol–water partition coefficient (Wildman–Crippen LogP) is 1.87. The fourth-order valence-electron chi connectivity index (χ4n) is 3.86. The van der Waals surface area contributed by atoms with Gasteiger partial charge >= 0.3 is 0 Å². The average Bonchev–Trinajstić information content (AvgIpc) is 3.47. The molecule has 2 aliphatic heterocycles. The predicted molar refractivity (Wildman–Crippen MR) is 115 cm³/mol. The second-order valence-electron chi connectivity index (χ2n) is 7.99. The molecule has 4 rings (SSSR count). The zero-order valence-corrected chi connectivity index (χ0v) is 18.8. The first kappa shape index (κ1) is 22.5. The topological polar surface area (TPSA) is 119 Å². The third-order valence-corrected chi connectivity index (χ3v) is 6.06. The molecular weight excluding hydrogens is 438 g/mol. The Hall–Kier alpha value is -2.69. The molecule has 2 fully saturated rings. The molecule has 2 N–H and O–H groups in total. The van der Waals surface area contributed by atoms with Crippen LogP contribution in [0.5, 0.6) is 5.88 Å². The summed E-state index contributed by atoms with van der Waals surface area (Å²) in [5, 5.41) is 10.3. The Morgan fingerprint density at radius 2 is 2.03 bits per heavy atom. The van der Waals surface area contributed by atoms with Gasteiger partial charge in [-0.05, 0) is 25.8 Å². The molecule has 2 amide bonds. The monoisotopic (exact) mass is 463 g/mol. The van der Waals surface area contributed by atoms with E-state index in [4.69, 9.17) is 25.8 Å². The van der Waals surface area contributed by atoms with Crippen molar-refractivity contribution in [1.29, 1.82) is 0 Å². The smallest absolute Gasteiger partial charge is 0.274 e. The van der Waals surface area contributed by atoms with Gasteiger partial charge in [-0.3, -0.25) is 14.7 Å². The number of aromatic amines is 1. The maximum Gasteiger partial charge on any atom is 0.274 e. The number of aromatic nitrogens is 3. The molecule has 0 aromatic carbocycles. The molecule has 172 valence electrons. The Labute approximate surface area is 190 Å². The van der Waals surface area contributed by atoms with Crippen molar-refractivity contribution in [2.24, 2.45) is 5.92 Å². The van der Waals surface area contributed by atoms with Gasteiger partial charge in [0.15, 0.2) is 11.5 Å². The number of hydrogen-bond donors (Lipinski definition) is 2. The minimum absolute atomic E-state index is 0.0410. The number of nitrogens with one attached hydrogen (secondary N) is 2. The van der Waals surface area contributed by atoms with E-state index in [-0.39, 0.29) is 17.7 Å². The maximum absolute atomic E-state index is 12.9. The van der Waals surface area contributed by atoms with Gasteiger partial charge in [0.2, 0.25) is 11.8 Å². The van der Waals surface area contributed by atoms with E-state index < -0.39 is 5.79 Å². The first-order valence-corrected chi connectivity index (χ1v) is 10.9. The van der Waals surface area contributed by atoms with Crippen LogP contribution < -0.4 is 10.1 Å². The Kier molecular flexibility index (Phi) is 6.63. The highest BCUT2D eigenvalue weighted by Gasteiger charge is 2.34. The number of hydrogen-bond acceptors (Lipinski definition) is 7. The third-order valence-electron chi connectivity index (χ3n) is 5.76. The highest BCUT2D eigenvalue weighted by atomic mass is 35.5. The van der Waals surface area contributed by atoms with Crippen molar-refractivity contribution in [3.8, 4) is 17.1 Å². The molecule has 0 radical (unpaired) electrons. The quantitative estimate of drug-likeness (QED) is 0.671. The number of H-pyrrole nitrogens is 1. The summed E-state index contributed by atoms with van der Waals surface area (Å²) >= 11 is 6.23. The van der Waals surface area contributed by atoms with Gasteiger partial charge in [-0.25, -0.2) is 4.98 Å². The summed E-state index contributed by atoms with van der Waals surface area (Å²) in [5.41, 5.74) is 1.53. The van der Waals surface area contributed by atoms with Crippen molar-refractivity contribution < 1.29 is 23.8 Å². The van der Waals surface area contributed by atoms with Gasteiger partial charge in [0.1, 0.15) is 0 Å². The molecule has 2 aromatic heterocycles. The number of amides is 2. The first-order valence-electron chi connectivity index (χ1n) is 10.5. The summed E-state index contributed by atoms with van der Waals surface area (Å²) in [5.74, 6) is -0.732. The minimum atomic E-state index is -0.758. The molecule has 0 aliphatic carbocycles. The van der Waals surface area contributed by atoms with E-state index in [0.29, 0.717) is 73.5 Å². The van der Waals surface area contributed by atoms with E-state index in [1.807, 2.05) is 6.92 Å². The Morgan fingerprint density at radius 1 is 1.31 bits per heavy atom. The summed E-state index contributed by atoms with van der Waals surface area (Å²) in [6, 6.07) is 3.33. The van der Waals surface area contributed by atoms with Crippen molar-refractivity contribution in [2.45, 2.75) is 25.6 Å². The van der Waals surface area contributed by atoms with Crippen LogP contribution in [-0.4, -0.2) is 77.6 Å². The van der Waals surface area contributed by atoms with Crippen molar-refractivity contribution in [1.82, 2.24) is 25.4 Å². The molecule has 32 heavy (non-hydrogen) atoms. The first-order chi connectivity index (χ1) is 15.4. The Bertz CT molecular complexity index is 983. The number of rotatable bonds is 6. The molecule has 0 saturated carbocycles. The highest BCUT2D eigenvalue weighted by Crippen LogP contribution is 2.29. The number of methoxy groups -OCH3 is 1. The van der Waals surface area contributed by atoms with E-state index in [0.717, 1.165) is 0 Å². The van der Waals surface area contributed by atoms with Gasteiger partial charge in [-0.1, -0.05) is 11.6 Å². The van der Waals surface area contributed by atoms with Crippen molar-refractivity contribution in [3.05, 3.63) is 29.0 Å². The molecule has 0 bridgehead atoms. The molecular formula is C21H26ClN5O5. The number of carbonyl (C=O) groups excluding carboxylic acids is 2. The van der Waals surface area contributed by atoms with Crippen LogP contribution >= 0.6 is 11.6 Å². The van der Waals surface area contributed by atoms with Crippen LogP contribution in [0.25, 0.3) is 11.3 Å². The van der Waals surface area contributed by atoms with Crippen molar-refractivity contribution >= 4 is 23.4 Å². The molecule has 4 heterocycles. The summed E-state index contributed by atoms with van der Waals surface area (Å²) < 4.78 is 16.2. The highest BCUT2D eigenvalue weighted by molar-refractivity contribution is 6.33. The average molecular weight is 464 g/mol. The van der Waals surface area contributed by atoms with Crippen molar-refractivity contribution in [3.63, 3.8) is 0 Å². The van der Waals surface area contributed by atoms with Crippen LogP contribution in [-0.2, 0) is 14.3 Å². The fraction of sp³-hybridized carbons (Fsp3) is 0.524. The van der Waals surface area contributed by atoms with Crippen LogP contribution in [0, 0.1) is 5.92 Å². The van der Waals surface area contributed by atoms with E-state index in [1.165, 1.54) is 13.3 Å². The molecule has 2 aliphatic rings. The van der Waals surface area contributed by atoms with Crippen LogP contribution in [0.1, 0.15) is 30.3 Å². The summed E-state index contributed by atoms with van der Waals surface area (Å²) in [6.45, 7) is 4.14. The number of piperidine rings is 1. The molecule has 0 unspecified atom stereocenters. The van der Waals surface area contributed by atoms with E-state index in [1.54, 1.807) is 17.0 Å². The van der Waals surface area contributed by atoms with Crippen molar-refractivity contribution in [2.75, 3.05) is 40.0 Å². The maximum atomic E-state index is 12.9. The number of halogens is 1. The SMILES string of the molecule is COc1cc(-c2cc(C(=O)N3CCC(C(=O)NCC4(C)OCCO4)CC3)n[nH]2)c(Cl)cn1. The standard InChI is InChI=1S/C21H26ClN5O5/c1-21(31-7-8-32-21)12-24-19(28)13-3-5-27(6-4-13)20(29)17-10-16(25-26-17)14-9-18(30-2)23-11-15(14)22/h9-11,13H,3-8,12H2,1-2H3,(H,24,28)(H,25,26). The third kappa shape index (κ3) is 4.87. The molecule has 2 aromatic rings. The number of nitrogens with zero attached hydrogens (tertiary/aromatic N) is 3. The second-order valence-corrected chi connectivity index (χ2v) is 8.40. The van der Waals surface area contributed by atoms with Gasteiger partial charge in [0.05, 0.1) is 43.8 Å². The summed E-state index contributed by atoms with van der Waals surface area (Å²) in [7, 11) is 1.52. The Morgan fingerprint density at radius 3 is 2.72 bits per heavy atom. The number of ether oxygens (including phenoxy) is 3. The van der Waals surface area contributed by atoms with Crippen LogP contribution in [0.2, 0.25) is 5.02 Å². The van der Waals surface area contributed by atoms with E-state index in [2.05, 4.69) is 20.5 Å². The lowest BCUT2D eigenvalue weighted by atomic mass is 9.95. The van der Waals surface area contributed by atoms with Gasteiger partial charge in [0.25, 0.3) is 5.91 Å². The van der Waals surface area contributed by atoms with E-state index >= 15 is 0 Å². The molecule has 0 atom stereocenters. The second kappa shape index (κ2) is 9.43. The van der Waals surface area contributed by atoms with Gasteiger partial charge < -0.3 is 24.4 Å². The fourth-order valence-corrected chi connectivity index (χ4v) is 4.07. The largest absolute Gasteiger partial charge is 0.481 e. The lowest BCUT2D eigenvalue weighted by molar-refractivity contribution is -0.147. The normalized spacial score (nSPS) is 18.5. The van der Waals surface area contributed by atoms with Crippen LogP contribution in [0.3, 0.4) is 0 Å². The molecule has 11 heteroatoms. The number of pyridine rings is 1. The van der Waals surface area contributed by atoms with Crippen LogP contribution in [0.15, 0.2) is 18.3 Å². The molecule has 2 saturated heterocycles. The molecule has 10 nitrogen and oxygen atoms in total. The number of carbonyl (C=O) groups is 2.